The number of benzene rings is 1. The molecule has 0 atom stereocenters. The Labute approximate surface area is 121 Å². The fraction of sp³-hybridized carbons (Fsp3) is 0.400. The van der Waals surface area contributed by atoms with Crippen molar-refractivity contribution in [3.8, 4) is 0 Å². The van der Waals surface area contributed by atoms with Gasteiger partial charge in [0.1, 0.15) is 4.90 Å². The van der Waals surface area contributed by atoms with E-state index in [1.807, 2.05) is 0 Å². The Balaban J connectivity index is 0.000000276. The fourth-order valence-electron chi connectivity index (χ4n) is 1.41. The van der Waals surface area contributed by atoms with E-state index in [1.165, 1.54) is 0 Å². The lowest BCUT2D eigenvalue weighted by Gasteiger charge is -2.11. The molecule has 112 valence electrons. The second kappa shape index (κ2) is 7.50. The lowest BCUT2D eigenvalue weighted by atomic mass is 10.3. The third kappa shape index (κ3) is 5.39. The number of hydrogen-bond donors (Lipinski definition) is 3. The summed E-state index contributed by atoms with van der Waals surface area (Å²) in [5.41, 5.74) is -0.456. The molecular weight excluding hydrogens is 310 g/mol. The van der Waals surface area contributed by atoms with Crippen LogP contribution in [0.5, 0.6) is 0 Å². The fourth-order valence-corrected chi connectivity index (χ4v) is 2.40. The molecular formula is C10H14ClN3O5S. The Kier molecular flexibility index (Phi) is 6.30. The average Bonchev–Trinajstić information content (AvgIpc) is 2.40. The van der Waals surface area contributed by atoms with Gasteiger partial charge in [-0.05, 0) is 6.07 Å². The van der Waals surface area contributed by atoms with E-state index in [9.17, 15) is 18.5 Å². The summed E-state index contributed by atoms with van der Waals surface area (Å²) in [4.78, 5) is 8.82. The van der Waals surface area contributed by atoms with Gasteiger partial charge in [0.25, 0.3) is 15.8 Å². The minimum Gasteiger partial charge on any atom is -0.314 e. The molecule has 0 bridgehead atoms. The highest BCUT2D eigenvalue weighted by Crippen LogP contribution is 2.25. The minimum atomic E-state index is -4.53. The highest BCUT2D eigenvalue weighted by Gasteiger charge is 2.18. The molecule has 0 spiro atoms. The Morgan fingerprint density at radius 1 is 1.20 bits per heavy atom. The zero-order valence-electron chi connectivity index (χ0n) is 10.4. The van der Waals surface area contributed by atoms with Gasteiger partial charge in [0, 0.05) is 38.3 Å². The van der Waals surface area contributed by atoms with Crippen molar-refractivity contribution in [1.82, 2.24) is 10.6 Å². The predicted molar refractivity (Wildman–Crippen MR) is 73.7 cm³/mol. The molecule has 10 heteroatoms. The highest BCUT2D eigenvalue weighted by atomic mass is 35.5. The number of nitro groups is 1. The average molecular weight is 324 g/mol. The van der Waals surface area contributed by atoms with Crippen LogP contribution in [0, 0.1) is 10.1 Å². The smallest absolute Gasteiger partial charge is 0.296 e. The Hall–Kier alpha value is -1.26. The zero-order chi connectivity index (χ0) is 15.2. The van der Waals surface area contributed by atoms with Crippen molar-refractivity contribution in [2.45, 2.75) is 4.90 Å². The summed E-state index contributed by atoms with van der Waals surface area (Å²) < 4.78 is 30.0. The standard InChI is InChI=1S/C6H4ClNO5S.C4H10N2/c7-5-2-1-4(8(9)10)3-6(5)14(11,12)13;1-2-6-4-3-5-1/h1-3H,(H,11,12,13);5-6H,1-4H2. The van der Waals surface area contributed by atoms with Crippen molar-refractivity contribution in [3.63, 3.8) is 0 Å². The molecule has 0 saturated carbocycles. The van der Waals surface area contributed by atoms with Crippen molar-refractivity contribution in [2.75, 3.05) is 26.2 Å². The molecule has 1 saturated heterocycles. The van der Waals surface area contributed by atoms with Gasteiger partial charge in [-0.3, -0.25) is 14.7 Å². The SMILES string of the molecule is C1CNCCN1.O=[N+]([O-])c1ccc(Cl)c(S(=O)(=O)O)c1. The molecule has 1 aromatic rings. The van der Waals surface area contributed by atoms with Crippen LogP contribution in [0.3, 0.4) is 0 Å². The minimum absolute atomic E-state index is 0.266. The number of piperazine rings is 1. The summed E-state index contributed by atoms with van der Waals surface area (Å²) in [6.07, 6.45) is 0. The summed E-state index contributed by atoms with van der Waals surface area (Å²) in [6.45, 7) is 4.56. The summed E-state index contributed by atoms with van der Waals surface area (Å²) >= 11 is 5.42. The van der Waals surface area contributed by atoms with Crippen LogP contribution in [-0.2, 0) is 10.1 Å². The van der Waals surface area contributed by atoms with Gasteiger partial charge in [-0.2, -0.15) is 8.42 Å². The van der Waals surface area contributed by atoms with Gasteiger partial charge < -0.3 is 10.6 Å². The van der Waals surface area contributed by atoms with E-state index in [0.29, 0.717) is 6.07 Å². The number of non-ortho nitro benzene ring substituents is 1. The molecule has 1 heterocycles. The van der Waals surface area contributed by atoms with Crippen LogP contribution >= 0.6 is 11.6 Å². The first-order valence-electron chi connectivity index (χ1n) is 5.65. The second-order valence-electron chi connectivity index (χ2n) is 3.85. The van der Waals surface area contributed by atoms with Crippen molar-refractivity contribution in [1.29, 1.82) is 0 Å². The Morgan fingerprint density at radius 2 is 1.70 bits per heavy atom. The second-order valence-corrected chi connectivity index (χ2v) is 5.64. The van der Waals surface area contributed by atoms with E-state index in [0.717, 1.165) is 38.3 Å². The van der Waals surface area contributed by atoms with Crippen LogP contribution in [-0.4, -0.2) is 44.1 Å². The maximum atomic E-state index is 10.7. The Morgan fingerprint density at radius 3 is 2.05 bits per heavy atom. The first-order chi connectivity index (χ1) is 9.32. The number of nitro benzene ring substituents is 1. The molecule has 8 nitrogen and oxygen atoms in total. The summed E-state index contributed by atoms with van der Waals surface area (Å²) in [5.74, 6) is 0. The van der Waals surface area contributed by atoms with Gasteiger partial charge in [0.2, 0.25) is 0 Å². The summed E-state index contributed by atoms with van der Waals surface area (Å²) in [5, 5.41) is 16.5. The number of nitrogens with zero attached hydrogens (tertiary/aromatic N) is 1. The molecule has 1 fully saturated rings. The monoisotopic (exact) mass is 323 g/mol. The van der Waals surface area contributed by atoms with Crippen molar-refractivity contribution in [2.24, 2.45) is 0 Å². The molecule has 1 aromatic carbocycles. The maximum Gasteiger partial charge on any atom is 0.296 e. The normalized spacial score (nSPS) is 15.1. The van der Waals surface area contributed by atoms with Crippen LogP contribution in [0.25, 0.3) is 0 Å². The van der Waals surface area contributed by atoms with Crippen molar-refractivity contribution in [3.05, 3.63) is 33.3 Å². The lowest BCUT2D eigenvalue weighted by Crippen LogP contribution is -2.39. The number of hydrogen-bond acceptors (Lipinski definition) is 6. The van der Waals surface area contributed by atoms with Gasteiger partial charge in [-0.1, -0.05) is 11.6 Å². The largest absolute Gasteiger partial charge is 0.314 e. The number of halogens is 1. The molecule has 0 radical (unpaired) electrons. The molecule has 20 heavy (non-hydrogen) atoms. The van der Waals surface area contributed by atoms with Crippen LogP contribution < -0.4 is 10.6 Å². The van der Waals surface area contributed by atoms with Crippen LogP contribution in [0.2, 0.25) is 5.02 Å². The van der Waals surface area contributed by atoms with Gasteiger partial charge in [0.05, 0.1) is 9.95 Å². The Bertz CT molecular complexity index is 563. The number of rotatable bonds is 2. The van der Waals surface area contributed by atoms with E-state index in [1.54, 1.807) is 0 Å². The van der Waals surface area contributed by atoms with E-state index < -0.39 is 25.6 Å². The molecule has 0 amide bonds. The van der Waals surface area contributed by atoms with E-state index in [2.05, 4.69) is 10.6 Å². The van der Waals surface area contributed by atoms with Gasteiger partial charge in [-0.25, -0.2) is 0 Å². The van der Waals surface area contributed by atoms with Crippen molar-refractivity contribution < 1.29 is 17.9 Å². The molecule has 2 rings (SSSR count). The van der Waals surface area contributed by atoms with Crippen molar-refractivity contribution >= 4 is 27.4 Å². The topological polar surface area (TPSA) is 122 Å². The quantitative estimate of drug-likeness (QED) is 0.415. The summed E-state index contributed by atoms with van der Waals surface area (Å²) in [6, 6.07) is 2.76. The van der Waals surface area contributed by atoms with Crippen LogP contribution in [0.4, 0.5) is 5.69 Å². The molecule has 1 aliphatic heterocycles. The first kappa shape index (κ1) is 16.8. The molecule has 0 aromatic heterocycles. The van der Waals surface area contributed by atoms with Gasteiger partial charge >= 0.3 is 0 Å². The van der Waals surface area contributed by atoms with E-state index in [4.69, 9.17) is 16.2 Å². The summed E-state index contributed by atoms with van der Waals surface area (Å²) in [7, 11) is -4.53. The van der Waals surface area contributed by atoms with E-state index in [-0.39, 0.29) is 5.02 Å². The third-order valence-electron chi connectivity index (χ3n) is 2.36. The highest BCUT2D eigenvalue weighted by molar-refractivity contribution is 7.86. The first-order valence-corrected chi connectivity index (χ1v) is 7.47. The van der Waals surface area contributed by atoms with Gasteiger partial charge in [0.15, 0.2) is 0 Å². The molecule has 0 unspecified atom stereocenters. The van der Waals surface area contributed by atoms with Gasteiger partial charge in [-0.15, -0.1) is 0 Å². The van der Waals surface area contributed by atoms with E-state index >= 15 is 0 Å². The van der Waals surface area contributed by atoms with Crippen LogP contribution in [0.15, 0.2) is 23.1 Å². The molecule has 1 aliphatic rings. The van der Waals surface area contributed by atoms with Crippen LogP contribution in [0.1, 0.15) is 0 Å². The zero-order valence-corrected chi connectivity index (χ0v) is 11.9. The lowest BCUT2D eigenvalue weighted by molar-refractivity contribution is -0.385. The number of nitrogens with one attached hydrogen (secondary N) is 2. The molecule has 0 aliphatic carbocycles. The maximum absolute atomic E-state index is 10.7. The predicted octanol–water partition coefficient (Wildman–Crippen LogP) is 0.674. The molecule has 3 N–H and O–H groups in total. The third-order valence-corrected chi connectivity index (χ3v) is 3.70.